The van der Waals surface area contributed by atoms with Crippen LogP contribution in [0.15, 0.2) is 0 Å². The van der Waals surface area contributed by atoms with Crippen LogP contribution in [0, 0.1) is 11.3 Å². The predicted octanol–water partition coefficient (Wildman–Crippen LogP) is 3.06. The average Bonchev–Trinajstić information content (AvgIpc) is 2.93. The fraction of sp³-hybridized carbons (Fsp3) is 0.933. The van der Waals surface area contributed by atoms with Crippen molar-refractivity contribution in [2.75, 3.05) is 33.0 Å². The van der Waals surface area contributed by atoms with Crippen molar-refractivity contribution in [2.45, 2.75) is 57.5 Å². The quantitative estimate of drug-likeness (QED) is 0.511. The highest BCUT2D eigenvalue weighted by Crippen LogP contribution is 2.14. The van der Waals surface area contributed by atoms with Crippen LogP contribution in [0.1, 0.15) is 51.4 Å². The fourth-order valence-corrected chi connectivity index (χ4v) is 2.11. The minimum Gasteiger partial charge on any atom is -0.381 e. The van der Waals surface area contributed by atoms with E-state index in [0.29, 0.717) is 12.5 Å². The molecule has 110 valence electrons. The summed E-state index contributed by atoms with van der Waals surface area (Å²) in [7, 11) is 0. The summed E-state index contributed by atoms with van der Waals surface area (Å²) in [5, 5.41) is 8.37. The first-order valence-corrected chi connectivity index (χ1v) is 7.57. The minimum atomic E-state index is 0.441. The van der Waals surface area contributed by atoms with Crippen LogP contribution in [-0.2, 0) is 14.2 Å². The largest absolute Gasteiger partial charge is 0.381 e. The number of unbranched alkanes of at least 4 members (excludes halogenated alkanes) is 3. The Kier molecular flexibility index (Phi) is 10.7. The molecule has 1 saturated heterocycles. The molecule has 0 saturated carbocycles. The van der Waals surface area contributed by atoms with Gasteiger partial charge in [0.05, 0.1) is 12.2 Å². The summed E-state index contributed by atoms with van der Waals surface area (Å²) in [4.78, 5) is 0. The van der Waals surface area contributed by atoms with Gasteiger partial charge in [-0.05, 0) is 44.9 Å². The molecule has 0 amide bonds. The minimum absolute atomic E-state index is 0.441. The molecule has 1 unspecified atom stereocenters. The lowest BCUT2D eigenvalue weighted by Crippen LogP contribution is -2.09. The number of rotatable bonds is 12. The fourth-order valence-electron chi connectivity index (χ4n) is 2.11. The molecule has 0 spiro atoms. The molecule has 0 N–H and O–H groups in total. The molecule has 4 heteroatoms. The zero-order chi connectivity index (χ0) is 13.6. The number of nitriles is 1. The summed E-state index contributed by atoms with van der Waals surface area (Å²) in [5.41, 5.74) is 0. The van der Waals surface area contributed by atoms with E-state index in [1.165, 1.54) is 12.8 Å². The first-order chi connectivity index (χ1) is 9.43. The van der Waals surface area contributed by atoms with Gasteiger partial charge in [0.2, 0.25) is 0 Å². The Bertz CT molecular complexity index is 234. The number of nitrogens with zero attached hydrogens (tertiary/aromatic N) is 1. The van der Waals surface area contributed by atoms with Gasteiger partial charge in [-0.2, -0.15) is 5.26 Å². The van der Waals surface area contributed by atoms with Gasteiger partial charge >= 0.3 is 0 Å². The Hall–Kier alpha value is -0.630. The second-order valence-corrected chi connectivity index (χ2v) is 4.97. The molecule has 4 nitrogen and oxygen atoms in total. The third kappa shape index (κ3) is 9.89. The van der Waals surface area contributed by atoms with Crippen LogP contribution in [0.3, 0.4) is 0 Å². The highest BCUT2D eigenvalue weighted by molar-refractivity contribution is 4.67. The third-order valence-corrected chi connectivity index (χ3v) is 3.26. The Morgan fingerprint density at radius 3 is 2.32 bits per heavy atom. The Morgan fingerprint density at radius 1 is 1.00 bits per heavy atom. The number of ether oxygens (including phenoxy) is 3. The van der Waals surface area contributed by atoms with Crippen molar-refractivity contribution in [1.29, 1.82) is 5.26 Å². The molecular formula is C15H27NO3. The van der Waals surface area contributed by atoms with Crippen molar-refractivity contribution < 1.29 is 14.2 Å². The van der Waals surface area contributed by atoms with Gasteiger partial charge in [0.1, 0.15) is 0 Å². The zero-order valence-electron chi connectivity index (χ0n) is 11.9. The number of hydrogen-bond donors (Lipinski definition) is 0. The first-order valence-electron chi connectivity index (χ1n) is 7.57. The van der Waals surface area contributed by atoms with Crippen LogP contribution in [0.4, 0.5) is 0 Å². The highest BCUT2D eigenvalue weighted by Gasteiger charge is 2.14. The summed E-state index contributed by atoms with van der Waals surface area (Å²) >= 11 is 0. The van der Waals surface area contributed by atoms with Crippen LogP contribution in [0.2, 0.25) is 0 Å². The van der Waals surface area contributed by atoms with E-state index in [1.807, 2.05) is 0 Å². The molecule has 19 heavy (non-hydrogen) atoms. The van der Waals surface area contributed by atoms with Crippen molar-refractivity contribution in [3.63, 3.8) is 0 Å². The van der Waals surface area contributed by atoms with Crippen molar-refractivity contribution in [1.82, 2.24) is 0 Å². The van der Waals surface area contributed by atoms with Gasteiger partial charge in [0.15, 0.2) is 0 Å². The highest BCUT2D eigenvalue weighted by atomic mass is 16.5. The van der Waals surface area contributed by atoms with Crippen molar-refractivity contribution in [3.8, 4) is 6.07 Å². The van der Waals surface area contributed by atoms with E-state index in [4.69, 9.17) is 19.5 Å². The van der Waals surface area contributed by atoms with Gasteiger partial charge in [-0.15, -0.1) is 0 Å². The van der Waals surface area contributed by atoms with Gasteiger partial charge in [0.25, 0.3) is 0 Å². The van der Waals surface area contributed by atoms with Crippen molar-refractivity contribution in [2.24, 2.45) is 0 Å². The van der Waals surface area contributed by atoms with Gasteiger partial charge in [-0.1, -0.05) is 0 Å². The maximum atomic E-state index is 8.37. The van der Waals surface area contributed by atoms with Gasteiger partial charge in [-0.3, -0.25) is 0 Å². The van der Waals surface area contributed by atoms with E-state index < -0.39 is 0 Å². The monoisotopic (exact) mass is 269 g/mol. The van der Waals surface area contributed by atoms with Crippen LogP contribution in [0.25, 0.3) is 0 Å². The normalized spacial score (nSPS) is 18.6. The summed E-state index contributed by atoms with van der Waals surface area (Å²) in [5.74, 6) is 0. The molecule has 1 heterocycles. The summed E-state index contributed by atoms with van der Waals surface area (Å²) in [6.07, 6.45) is 8.57. The SMILES string of the molecule is N#CCCCCOCCCCOCCC1CCCO1. The molecule has 1 rings (SSSR count). The van der Waals surface area contributed by atoms with E-state index in [0.717, 1.165) is 65.1 Å². The zero-order valence-corrected chi connectivity index (χ0v) is 11.9. The molecule has 0 aromatic rings. The molecule has 1 atom stereocenters. The van der Waals surface area contributed by atoms with Crippen molar-refractivity contribution in [3.05, 3.63) is 0 Å². The summed E-state index contributed by atoms with van der Waals surface area (Å²) in [6.45, 7) is 4.16. The topological polar surface area (TPSA) is 51.5 Å². The van der Waals surface area contributed by atoms with Crippen LogP contribution in [0.5, 0.6) is 0 Å². The van der Waals surface area contributed by atoms with E-state index in [1.54, 1.807) is 0 Å². The lowest BCUT2D eigenvalue weighted by Gasteiger charge is -2.09. The van der Waals surface area contributed by atoms with E-state index in [-0.39, 0.29) is 0 Å². The predicted molar refractivity (Wildman–Crippen MR) is 73.9 cm³/mol. The Labute approximate surface area is 117 Å². The van der Waals surface area contributed by atoms with Crippen LogP contribution in [-0.4, -0.2) is 39.1 Å². The van der Waals surface area contributed by atoms with Gasteiger partial charge in [-0.25, -0.2) is 0 Å². The molecular weight excluding hydrogens is 242 g/mol. The maximum Gasteiger partial charge on any atom is 0.0621 e. The molecule has 0 aromatic carbocycles. The number of hydrogen-bond acceptors (Lipinski definition) is 4. The molecule has 1 fully saturated rings. The Balaban J connectivity index is 1.68. The molecule has 0 aliphatic carbocycles. The van der Waals surface area contributed by atoms with Crippen LogP contribution >= 0.6 is 0 Å². The van der Waals surface area contributed by atoms with Gasteiger partial charge < -0.3 is 14.2 Å². The van der Waals surface area contributed by atoms with E-state index in [2.05, 4.69) is 6.07 Å². The average molecular weight is 269 g/mol. The third-order valence-electron chi connectivity index (χ3n) is 3.26. The summed E-state index contributed by atoms with van der Waals surface area (Å²) < 4.78 is 16.6. The van der Waals surface area contributed by atoms with E-state index >= 15 is 0 Å². The standard InChI is InChI=1S/C15H27NO3/c16-9-2-1-3-10-17-11-4-5-12-18-14-8-15-7-6-13-19-15/h15H,1-8,10-14H2. The molecule has 0 radical (unpaired) electrons. The molecule has 0 bridgehead atoms. The lowest BCUT2D eigenvalue weighted by atomic mass is 10.2. The lowest BCUT2D eigenvalue weighted by molar-refractivity contribution is 0.0549. The summed E-state index contributed by atoms with van der Waals surface area (Å²) in [6, 6.07) is 2.14. The smallest absolute Gasteiger partial charge is 0.0621 e. The van der Waals surface area contributed by atoms with Crippen LogP contribution < -0.4 is 0 Å². The second kappa shape index (κ2) is 12.4. The molecule has 1 aliphatic rings. The maximum absolute atomic E-state index is 8.37. The molecule has 1 aliphatic heterocycles. The second-order valence-electron chi connectivity index (χ2n) is 4.97. The van der Waals surface area contributed by atoms with Crippen molar-refractivity contribution >= 4 is 0 Å². The Morgan fingerprint density at radius 2 is 1.68 bits per heavy atom. The van der Waals surface area contributed by atoms with Gasteiger partial charge in [0, 0.05) is 39.5 Å². The van der Waals surface area contributed by atoms with E-state index in [9.17, 15) is 0 Å². The first kappa shape index (κ1) is 16.4. The molecule has 0 aromatic heterocycles.